The van der Waals surface area contributed by atoms with Crippen LogP contribution in [0.1, 0.15) is 5.56 Å². The molecule has 7 heteroatoms. The van der Waals surface area contributed by atoms with E-state index < -0.39 is 10.0 Å². The molecule has 0 aliphatic carbocycles. The van der Waals surface area contributed by atoms with Crippen molar-refractivity contribution in [1.82, 2.24) is 9.62 Å². The molecule has 108 valence electrons. The molecule has 0 aromatic heterocycles. The second-order valence-electron chi connectivity index (χ2n) is 3.96. The first kappa shape index (κ1) is 16.2. The normalized spacial score (nSPS) is 10.8. The van der Waals surface area contributed by atoms with Crippen molar-refractivity contribution < 1.29 is 13.2 Å². The van der Waals surface area contributed by atoms with Crippen LogP contribution in [0.3, 0.4) is 0 Å². The lowest BCUT2D eigenvalue weighted by atomic mass is 10.2. The minimum absolute atomic E-state index is 0.113. The highest BCUT2D eigenvalue weighted by atomic mass is 32.2. The molecule has 3 N–H and O–H groups in total. The largest absolute Gasteiger partial charge is 0.358 e. The molecule has 0 atom stereocenters. The zero-order chi connectivity index (χ0) is 15.2. The highest BCUT2D eigenvalue weighted by Crippen LogP contribution is 2.14. The maximum atomic E-state index is 12.2. The summed E-state index contributed by atoms with van der Waals surface area (Å²) in [4.78, 5) is 11.3. The van der Waals surface area contributed by atoms with E-state index >= 15 is 0 Å². The minimum Gasteiger partial charge on any atom is -0.358 e. The molecule has 0 saturated carbocycles. The van der Waals surface area contributed by atoms with Gasteiger partial charge in [0.25, 0.3) is 0 Å². The molecule has 0 unspecified atom stereocenters. The molecule has 20 heavy (non-hydrogen) atoms. The quantitative estimate of drug-likeness (QED) is 0.723. The van der Waals surface area contributed by atoms with Crippen LogP contribution in [0.4, 0.5) is 0 Å². The molecule has 6 nitrogen and oxygen atoms in total. The monoisotopic (exact) mass is 295 g/mol. The van der Waals surface area contributed by atoms with Gasteiger partial charge < -0.3 is 11.1 Å². The fraction of sp³-hybridized carbons (Fsp3) is 0.308. The van der Waals surface area contributed by atoms with Gasteiger partial charge in [0, 0.05) is 19.7 Å². The van der Waals surface area contributed by atoms with Crippen LogP contribution in [0, 0.1) is 11.8 Å². The average Bonchev–Trinajstić information content (AvgIpc) is 2.45. The van der Waals surface area contributed by atoms with Gasteiger partial charge in [-0.05, 0) is 24.3 Å². The van der Waals surface area contributed by atoms with Gasteiger partial charge in [-0.25, -0.2) is 8.42 Å². The number of hydrogen-bond donors (Lipinski definition) is 2. The van der Waals surface area contributed by atoms with Crippen LogP contribution in [0.2, 0.25) is 0 Å². The highest BCUT2D eigenvalue weighted by Gasteiger charge is 2.22. The van der Waals surface area contributed by atoms with E-state index in [0.717, 1.165) is 4.31 Å². The molecule has 0 radical (unpaired) electrons. The van der Waals surface area contributed by atoms with Crippen molar-refractivity contribution in [3.8, 4) is 11.8 Å². The van der Waals surface area contributed by atoms with Crippen LogP contribution in [-0.4, -0.2) is 45.8 Å². The van der Waals surface area contributed by atoms with E-state index in [9.17, 15) is 13.2 Å². The highest BCUT2D eigenvalue weighted by molar-refractivity contribution is 7.89. The van der Waals surface area contributed by atoms with Crippen molar-refractivity contribution in [1.29, 1.82) is 0 Å². The Kier molecular flexibility index (Phi) is 5.70. The van der Waals surface area contributed by atoms with E-state index in [4.69, 9.17) is 5.73 Å². The predicted octanol–water partition coefficient (Wildman–Crippen LogP) is -0.637. The molecule has 0 fully saturated rings. The van der Waals surface area contributed by atoms with Crippen molar-refractivity contribution in [3.05, 3.63) is 29.8 Å². The van der Waals surface area contributed by atoms with Gasteiger partial charge in [-0.3, -0.25) is 4.79 Å². The van der Waals surface area contributed by atoms with E-state index in [2.05, 4.69) is 17.2 Å². The Bertz CT molecular complexity index is 627. The second kappa shape index (κ2) is 7.05. The van der Waals surface area contributed by atoms with Gasteiger partial charge in [-0.2, -0.15) is 4.31 Å². The van der Waals surface area contributed by atoms with E-state index in [1.807, 2.05) is 0 Å². The molecule has 0 saturated heterocycles. The first-order valence-corrected chi connectivity index (χ1v) is 7.31. The van der Waals surface area contributed by atoms with E-state index in [1.54, 1.807) is 12.1 Å². The Balaban J connectivity index is 2.95. The average molecular weight is 295 g/mol. The fourth-order valence-corrected chi connectivity index (χ4v) is 2.54. The molecule has 1 aromatic rings. The number of benzene rings is 1. The molecule has 0 aliphatic heterocycles. The van der Waals surface area contributed by atoms with Crippen LogP contribution < -0.4 is 11.1 Å². The number of carbonyl (C=O) groups excluding carboxylic acids is 1. The Morgan fingerprint density at radius 3 is 2.45 bits per heavy atom. The van der Waals surface area contributed by atoms with Gasteiger partial charge in [0.1, 0.15) is 0 Å². The number of sulfonamides is 1. The molecule has 0 aliphatic rings. The fourth-order valence-electron chi connectivity index (χ4n) is 1.41. The Morgan fingerprint density at radius 1 is 1.35 bits per heavy atom. The second-order valence-corrected chi connectivity index (χ2v) is 6.01. The molecule has 1 aromatic carbocycles. The van der Waals surface area contributed by atoms with Crippen LogP contribution in [-0.2, 0) is 14.8 Å². The summed E-state index contributed by atoms with van der Waals surface area (Å²) < 4.78 is 25.4. The first-order chi connectivity index (χ1) is 9.41. The lowest BCUT2D eigenvalue weighted by molar-refractivity contribution is -0.120. The van der Waals surface area contributed by atoms with Crippen LogP contribution in [0.15, 0.2) is 29.2 Å². The number of likely N-dealkylation sites (N-methyl/N-ethyl adjacent to an activating group) is 2. The SMILES string of the molecule is CNC(=O)CN(C)S(=O)(=O)c1ccc(C#CCN)cc1. The lowest BCUT2D eigenvalue weighted by Crippen LogP contribution is -2.36. The van der Waals surface area contributed by atoms with Crippen LogP contribution in [0.5, 0.6) is 0 Å². The van der Waals surface area contributed by atoms with Crippen molar-refractivity contribution in [2.75, 3.05) is 27.2 Å². The number of nitrogens with one attached hydrogen (secondary N) is 1. The molecule has 0 spiro atoms. The number of hydrogen-bond acceptors (Lipinski definition) is 4. The predicted molar refractivity (Wildman–Crippen MR) is 76.3 cm³/mol. The summed E-state index contributed by atoms with van der Waals surface area (Å²) in [5.41, 5.74) is 5.94. The third-order valence-corrected chi connectivity index (χ3v) is 4.36. The number of rotatable bonds is 4. The lowest BCUT2D eigenvalue weighted by Gasteiger charge is -2.16. The number of amides is 1. The van der Waals surface area contributed by atoms with Crippen molar-refractivity contribution >= 4 is 15.9 Å². The Hall–Kier alpha value is -1.88. The summed E-state index contributed by atoms with van der Waals surface area (Å²) >= 11 is 0. The van der Waals surface area contributed by atoms with Crippen molar-refractivity contribution in [2.24, 2.45) is 5.73 Å². The van der Waals surface area contributed by atoms with Gasteiger partial charge in [0.2, 0.25) is 15.9 Å². The van der Waals surface area contributed by atoms with Crippen molar-refractivity contribution in [3.63, 3.8) is 0 Å². The summed E-state index contributed by atoms with van der Waals surface area (Å²) in [5, 5.41) is 2.38. The van der Waals surface area contributed by atoms with Gasteiger partial charge in [0.05, 0.1) is 18.0 Å². The summed E-state index contributed by atoms with van der Waals surface area (Å²) in [6.45, 7) is 0.0164. The third kappa shape index (κ3) is 4.06. The number of nitrogens with two attached hydrogens (primary N) is 1. The zero-order valence-corrected chi connectivity index (χ0v) is 12.2. The topological polar surface area (TPSA) is 92.5 Å². The maximum absolute atomic E-state index is 12.2. The van der Waals surface area contributed by atoms with Gasteiger partial charge >= 0.3 is 0 Å². The molecular weight excluding hydrogens is 278 g/mol. The summed E-state index contributed by atoms with van der Waals surface area (Å²) in [7, 11) is -0.876. The smallest absolute Gasteiger partial charge is 0.243 e. The zero-order valence-electron chi connectivity index (χ0n) is 11.4. The molecule has 1 rings (SSSR count). The van der Waals surface area contributed by atoms with Crippen LogP contribution in [0.25, 0.3) is 0 Å². The molecule has 0 bridgehead atoms. The Morgan fingerprint density at radius 2 is 1.95 bits per heavy atom. The van der Waals surface area contributed by atoms with Crippen molar-refractivity contribution in [2.45, 2.75) is 4.90 Å². The molecule has 1 amide bonds. The summed E-state index contributed by atoms with van der Waals surface area (Å²) in [6, 6.07) is 6.11. The maximum Gasteiger partial charge on any atom is 0.243 e. The number of nitrogens with zero attached hydrogens (tertiary/aromatic N) is 1. The van der Waals surface area contributed by atoms with Gasteiger partial charge in [-0.15, -0.1) is 0 Å². The standard InChI is InChI=1S/C13H17N3O3S/c1-15-13(17)10-16(2)20(18,19)12-7-5-11(6-8-12)4-3-9-14/h5-8H,9-10,14H2,1-2H3,(H,15,17). The minimum atomic E-state index is -3.68. The van der Waals surface area contributed by atoms with E-state index in [0.29, 0.717) is 5.56 Å². The third-order valence-electron chi connectivity index (χ3n) is 2.54. The van der Waals surface area contributed by atoms with E-state index in [-0.39, 0.29) is 23.9 Å². The van der Waals surface area contributed by atoms with E-state index in [1.165, 1.54) is 26.2 Å². The first-order valence-electron chi connectivity index (χ1n) is 5.87. The summed E-state index contributed by atoms with van der Waals surface area (Å²) in [6.07, 6.45) is 0. The summed E-state index contributed by atoms with van der Waals surface area (Å²) in [5.74, 6) is 5.12. The molecular formula is C13H17N3O3S. The Labute approximate surface area is 119 Å². The van der Waals surface area contributed by atoms with Gasteiger partial charge in [0.15, 0.2) is 0 Å². The van der Waals surface area contributed by atoms with Crippen LogP contribution >= 0.6 is 0 Å². The van der Waals surface area contributed by atoms with Gasteiger partial charge in [-0.1, -0.05) is 11.8 Å². The molecule has 0 heterocycles. The number of carbonyl (C=O) groups is 1.